The number of aryl methyl sites for hydroxylation is 3. The SMILES string of the molecule is Cc1ccc(-c2c(C)c(O)c(S)c(C)c2O)cc1.Cc1ccc2sc3ccccc3c2c1.Cc1ccccc1. The fraction of sp³-hybridized carbons (Fsp3) is 0.143. The molecular weight excluding hydrogens is 517 g/mol. The van der Waals surface area contributed by atoms with Crippen molar-refractivity contribution in [1.82, 2.24) is 0 Å². The minimum Gasteiger partial charge on any atom is -0.507 e. The summed E-state index contributed by atoms with van der Waals surface area (Å²) in [4.78, 5) is 0.431. The molecule has 0 fully saturated rings. The third-order valence-electron chi connectivity index (χ3n) is 6.71. The van der Waals surface area contributed by atoms with Gasteiger partial charge < -0.3 is 10.2 Å². The van der Waals surface area contributed by atoms with E-state index in [1.54, 1.807) is 13.8 Å². The van der Waals surface area contributed by atoms with Crippen LogP contribution in [0.3, 0.4) is 0 Å². The van der Waals surface area contributed by atoms with E-state index in [4.69, 9.17) is 0 Å². The van der Waals surface area contributed by atoms with Gasteiger partial charge in [0.25, 0.3) is 0 Å². The zero-order chi connectivity index (χ0) is 28.1. The van der Waals surface area contributed by atoms with Gasteiger partial charge >= 0.3 is 0 Å². The van der Waals surface area contributed by atoms with Crippen LogP contribution < -0.4 is 0 Å². The second-order valence-electron chi connectivity index (χ2n) is 9.79. The molecule has 1 heterocycles. The summed E-state index contributed by atoms with van der Waals surface area (Å²) in [6.45, 7) is 9.76. The van der Waals surface area contributed by atoms with E-state index in [1.165, 1.54) is 31.3 Å². The Hall–Kier alpha value is -3.73. The first kappa shape index (κ1) is 28.3. The number of fused-ring (bicyclic) bond motifs is 3. The Kier molecular flexibility index (Phi) is 9.01. The lowest BCUT2D eigenvalue weighted by Gasteiger charge is -2.15. The van der Waals surface area contributed by atoms with Crippen molar-refractivity contribution in [2.24, 2.45) is 0 Å². The molecule has 0 aliphatic heterocycles. The van der Waals surface area contributed by atoms with Crippen LogP contribution in [0.1, 0.15) is 27.8 Å². The van der Waals surface area contributed by atoms with Gasteiger partial charge in [0.15, 0.2) is 0 Å². The van der Waals surface area contributed by atoms with Crippen LogP contribution in [0.25, 0.3) is 31.3 Å². The van der Waals surface area contributed by atoms with E-state index < -0.39 is 0 Å². The highest BCUT2D eigenvalue weighted by Crippen LogP contribution is 2.44. The first-order chi connectivity index (χ1) is 18.7. The van der Waals surface area contributed by atoms with Gasteiger partial charge in [-0.25, -0.2) is 0 Å². The highest BCUT2D eigenvalue weighted by molar-refractivity contribution is 7.80. The molecule has 0 saturated carbocycles. The summed E-state index contributed by atoms with van der Waals surface area (Å²) in [5.74, 6) is 0.309. The van der Waals surface area contributed by atoms with Crippen LogP contribution in [0.15, 0.2) is 102 Å². The normalized spacial score (nSPS) is 10.5. The summed E-state index contributed by atoms with van der Waals surface area (Å²) in [6.07, 6.45) is 0. The summed E-state index contributed by atoms with van der Waals surface area (Å²) in [7, 11) is 0. The number of hydrogen-bond acceptors (Lipinski definition) is 4. The molecule has 198 valence electrons. The van der Waals surface area contributed by atoms with Crippen molar-refractivity contribution in [2.45, 2.75) is 39.5 Å². The molecule has 0 amide bonds. The predicted octanol–water partition coefficient (Wildman–Crippen LogP) is 10.3. The van der Waals surface area contributed by atoms with Gasteiger partial charge in [-0.1, -0.05) is 95.6 Å². The smallest absolute Gasteiger partial charge is 0.132 e. The summed E-state index contributed by atoms with van der Waals surface area (Å²) < 4.78 is 2.77. The van der Waals surface area contributed by atoms with Gasteiger partial charge in [0.05, 0.1) is 4.90 Å². The number of rotatable bonds is 1. The van der Waals surface area contributed by atoms with E-state index in [2.05, 4.69) is 81.1 Å². The summed E-state index contributed by atoms with van der Waals surface area (Å²) in [5.41, 5.74) is 6.61. The zero-order valence-corrected chi connectivity index (χ0v) is 24.7. The highest BCUT2D eigenvalue weighted by Gasteiger charge is 2.18. The molecule has 0 atom stereocenters. The Bertz CT molecular complexity index is 1690. The van der Waals surface area contributed by atoms with E-state index in [0.29, 0.717) is 21.6 Å². The Morgan fingerprint density at radius 3 is 1.74 bits per heavy atom. The number of thiol groups is 1. The van der Waals surface area contributed by atoms with Crippen molar-refractivity contribution in [3.8, 4) is 22.6 Å². The van der Waals surface area contributed by atoms with Crippen LogP contribution >= 0.6 is 24.0 Å². The molecule has 0 radical (unpaired) electrons. The van der Waals surface area contributed by atoms with Crippen molar-refractivity contribution in [1.29, 1.82) is 0 Å². The average Bonchev–Trinajstić information content (AvgIpc) is 3.31. The van der Waals surface area contributed by atoms with E-state index >= 15 is 0 Å². The largest absolute Gasteiger partial charge is 0.507 e. The van der Waals surface area contributed by atoms with Crippen molar-refractivity contribution in [3.05, 3.63) is 125 Å². The Balaban J connectivity index is 0.000000148. The molecule has 6 rings (SSSR count). The molecule has 0 unspecified atom stereocenters. The molecule has 2 N–H and O–H groups in total. The highest BCUT2D eigenvalue weighted by atomic mass is 32.1. The third kappa shape index (κ3) is 6.47. The fourth-order valence-electron chi connectivity index (χ4n) is 4.40. The number of phenols is 2. The van der Waals surface area contributed by atoms with Gasteiger partial charge in [-0.3, -0.25) is 0 Å². The maximum atomic E-state index is 10.2. The monoisotopic (exact) mass is 550 g/mol. The Morgan fingerprint density at radius 2 is 1.10 bits per heavy atom. The van der Waals surface area contributed by atoms with E-state index in [-0.39, 0.29) is 11.5 Å². The van der Waals surface area contributed by atoms with Gasteiger partial charge in [0, 0.05) is 36.9 Å². The second-order valence-corrected chi connectivity index (χ2v) is 11.3. The van der Waals surface area contributed by atoms with Gasteiger partial charge in [-0.15, -0.1) is 24.0 Å². The topological polar surface area (TPSA) is 40.5 Å². The standard InChI is InChI=1S/C15H16O2S.C13H10S.C7H8/c1-8-4-6-11(7-5-8)12-9(2)14(17)15(18)10(3)13(12)16;1-9-6-7-13-11(8-9)10-4-2-3-5-12(10)14-13;1-7-5-3-2-4-6-7/h4-7,16-18H,1-3H3;2-8H,1H3;2-6H,1H3. The lowest BCUT2D eigenvalue weighted by atomic mass is 9.95. The van der Waals surface area contributed by atoms with Gasteiger partial charge in [-0.05, 0) is 58.4 Å². The number of phenolic OH excluding ortho intramolecular Hbond substituents is 2. The summed E-state index contributed by atoms with van der Waals surface area (Å²) in [6, 6.07) is 33.4. The van der Waals surface area contributed by atoms with Crippen molar-refractivity contribution < 1.29 is 10.2 Å². The van der Waals surface area contributed by atoms with Gasteiger partial charge in [0.1, 0.15) is 11.5 Å². The van der Waals surface area contributed by atoms with Crippen LogP contribution in [0.2, 0.25) is 0 Å². The van der Waals surface area contributed by atoms with Crippen molar-refractivity contribution >= 4 is 44.1 Å². The number of hydrogen-bond donors (Lipinski definition) is 3. The Morgan fingerprint density at radius 1 is 0.538 bits per heavy atom. The molecule has 39 heavy (non-hydrogen) atoms. The zero-order valence-electron chi connectivity index (χ0n) is 23.0. The molecule has 0 aliphatic carbocycles. The number of aromatic hydroxyl groups is 2. The van der Waals surface area contributed by atoms with E-state index in [9.17, 15) is 10.2 Å². The molecule has 5 aromatic carbocycles. The van der Waals surface area contributed by atoms with Crippen LogP contribution in [-0.2, 0) is 0 Å². The van der Waals surface area contributed by atoms with Crippen LogP contribution in [0.4, 0.5) is 0 Å². The van der Waals surface area contributed by atoms with Crippen LogP contribution in [0, 0.1) is 34.6 Å². The van der Waals surface area contributed by atoms with Crippen molar-refractivity contribution in [2.75, 3.05) is 0 Å². The quantitative estimate of drug-likeness (QED) is 0.141. The first-order valence-corrected chi connectivity index (χ1v) is 14.1. The molecule has 1 aromatic heterocycles. The van der Waals surface area contributed by atoms with E-state index in [0.717, 1.165) is 11.1 Å². The molecule has 0 spiro atoms. The maximum absolute atomic E-state index is 10.2. The number of benzene rings is 5. The minimum atomic E-state index is 0.129. The first-order valence-electron chi connectivity index (χ1n) is 12.9. The van der Waals surface area contributed by atoms with E-state index in [1.807, 2.05) is 60.7 Å². The number of thiophene rings is 1. The molecular formula is C35H34O2S2. The fourth-order valence-corrected chi connectivity index (χ4v) is 5.76. The lowest BCUT2D eigenvalue weighted by molar-refractivity contribution is 0.443. The van der Waals surface area contributed by atoms with Gasteiger partial charge in [-0.2, -0.15) is 0 Å². The van der Waals surface area contributed by atoms with Crippen LogP contribution in [-0.4, -0.2) is 10.2 Å². The molecule has 2 nitrogen and oxygen atoms in total. The predicted molar refractivity (Wildman–Crippen MR) is 172 cm³/mol. The maximum Gasteiger partial charge on any atom is 0.132 e. The minimum absolute atomic E-state index is 0.129. The molecule has 0 bridgehead atoms. The third-order valence-corrected chi connectivity index (χ3v) is 8.41. The van der Waals surface area contributed by atoms with Crippen LogP contribution in [0.5, 0.6) is 11.5 Å². The second kappa shape index (κ2) is 12.4. The average molecular weight is 551 g/mol. The summed E-state index contributed by atoms with van der Waals surface area (Å²) in [5, 5.41) is 23.0. The molecule has 0 aliphatic rings. The molecule has 4 heteroatoms. The Labute approximate surface area is 240 Å². The van der Waals surface area contributed by atoms with Crippen molar-refractivity contribution in [3.63, 3.8) is 0 Å². The lowest BCUT2D eigenvalue weighted by Crippen LogP contribution is -1.91. The van der Waals surface area contributed by atoms with Gasteiger partial charge in [0.2, 0.25) is 0 Å². The molecule has 0 saturated heterocycles. The summed E-state index contributed by atoms with van der Waals surface area (Å²) >= 11 is 6.09. The molecule has 6 aromatic rings.